The largest absolute Gasteiger partial charge is 0.496 e. The lowest BCUT2D eigenvalue weighted by Gasteiger charge is -2.33. The molecule has 0 heterocycles. The number of benzene rings is 1. The minimum absolute atomic E-state index is 0.337. The van der Waals surface area contributed by atoms with Crippen molar-refractivity contribution in [1.29, 1.82) is 0 Å². The van der Waals surface area contributed by atoms with Crippen molar-refractivity contribution in [1.82, 2.24) is 15.1 Å². The van der Waals surface area contributed by atoms with E-state index in [0.717, 1.165) is 31.9 Å². The van der Waals surface area contributed by atoms with E-state index < -0.39 is 0 Å². The molecule has 0 radical (unpaired) electrons. The summed E-state index contributed by atoms with van der Waals surface area (Å²) >= 11 is 0. The van der Waals surface area contributed by atoms with Gasteiger partial charge in [0.05, 0.1) is 7.11 Å². The first-order chi connectivity index (χ1) is 10.5. The molecule has 0 bridgehead atoms. The first kappa shape index (κ1) is 18.9. The summed E-state index contributed by atoms with van der Waals surface area (Å²) in [6, 6.07) is 9.13. The van der Waals surface area contributed by atoms with Crippen molar-refractivity contribution in [2.45, 2.75) is 32.9 Å². The van der Waals surface area contributed by atoms with Crippen LogP contribution in [0.1, 0.15) is 32.4 Å². The third-order valence-corrected chi connectivity index (χ3v) is 4.08. The summed E-state index contributed by atoms with van der Waals surface area (Å²) in [5.41, 5.74) is 1.26. The van der Waals surface area contributed by atoms with Gasteiger partial charge in [-0.05, 0) is 40.2 Å². The molecule has 0 amide bonds. The van der Waals surface area contributed by atoms with Crippen molar-refractivity contribution in [3.8, 4) is 5.75 Å². The molecule has 0 saturated heterocycles. The van der Waals surface area contributed by atoms with Crippen molar-refractivity contribution < 1.29 is 4.74 Å². The minimum Gasteiger partial charge on any atom is -0.496 e. The van der Waals surface area contributed by atoms with Gasteiger partial charge in [-0.25, -0.2) is 0 Å². The van der Waals surface area contributed by atoms with Gasteiger partial charge in [-0.2, -0.15) is 0 Å². The predicted molar refractivity (Wildman–Crippen MR) is 94.7 cm³/mol. The highest BCUT2D eigenvalue weighted by atomic mass is 16.5. The lowest BCUT2D eigenvalue weighted by molar-refractivity contribution is 0.179. The van der Waals surface area contributed by atoms with Crippen LogP contribution in [0.3, 0.4) is 0 Å². The van der Waals surface area contributed by atoms with Gasteiger partial charge in [0.15, 0.2) is 0 Å². The maximum absolute atomic E-state index is 5.53. The molecule has 0 unspecified atom stereocenters. The van der Waals surface area contributed by atoms with Crippen LogP contribution in [0.4, 0.5) is 0 Å². The molecule has 0 fully saturated rings. The van der Waals surface area contributed by atoms with E-state index in [9.17, 15) is 0 Å². The summed E-state index contributed by atoms with van der Waals surface area (Å²) in [5, 5.41) is 3.60. The number of ether oxygens (including phenoxy) is 1. The second-order valence-electron chi connectivity index (χ2n) is 6.02. The van der Waals surface area contributed by atoms with Crippen LogP contribution in [0, 0.1) is 0 Å². The van der Waals surface area contributed by atoms with E-state index in [2.05, 4.69) is 62.1 Å². The molecule has 4 nitrogen and oxygen atoms in total. The van der Waals surface area contributed by atoms with Crippen LogP contribution < -0.4 is 10.1 Å². The number of hydrogen-bond donors (Lipinski definition) is 1. The lowest BCUT2D eigenvalue weighted by Crippen LogP contribution is -2.47. The van der Waals surface area contributed by atoms with Crippen LogP contribution in [-0.2, 0) is 0 Å². The Morgan fingerprint density at radius 3 is 2.36 bits per heavy atom. The number of rotatable bonds is 10. The van der Waals surface area contributed by atoms with E-state index in [1.165, 1.54) is 5.56 Å². The highest BCUT2D eigenvalue weighted by molar-refractivity contribution is 5.35. The quantitative estimate of drug-likeness (QED) is 0.719. The van der Waals surface area contributed by atoms with Gasteiger partial charge in [0.25, 0.3) is 0 Å². The van der Waals surface area contributed by atoms with Gasteiger partial charge in [-0.1, -0.05) is 32.0 Å². The molecule has 0 saturated carbocycles. The second kappa shape index (κ2) is 9.82. The Bertz CT molecular complexity index is 423. The molecule has 1 N–H and O–H groups in total. The van der Waals surface area contributed by atoms with E-state index in [1.807, 2.05) is 12.1 Å². The zero-order valence-corrected chi connectivity index (χ0v) is 15.1. The molecule has 22 heavy (non-hydrogen) atoms. The molecule has 0 aliphatic carbocycles. The van der Waals surface area contributed by atoms with Crippen LogP contribution in [0.5, 0.6) is 5.75 Å². The van der Waals surface area contributed by atoms with Crippen molar-refractivity contribution >= 4 is 0 Å². The standard InChI is InChI=1S/C18H33N3O/c1-7-19-16(13-20(4)5)14-21(8-2)15(3)17-11-9-10-12-18(17)22-6/h9-12,15-16,19H,7-8,13-14H2,1-6H3/t15-,16-/m0/s1. The highest BCUT2D eigenvalue weighted by Crippen LogP contribution is 2.28. The minimum atomic E-state index is 0.337. The Balaban J connectivity index is 2.84. The molecule has 2 atom stereocenters. The van der Waals surface area contributed by atoms with Crippen LogP contribution in [0.15, 0.2) is 24.3 Å². The van der Waals surface area contributed by atoms with E-state index in [1.54, 1.807) is 7.11 Å². The van der Waals surface area contributed by atoms with Crippen LogP contribution in [0.25, 0.3) is 0 Å². The maximum Gasteiger partial charge on any atom is 0.123 e. The van der Waals surface area contributed by atoms with Crippen LogP contribution >= 0.6 is 0 Å². The van der Waals surface area contributed by atoms with Gasteiger partial charge in [0.2, 0.25) is 0 Å². The Morgan fingerprint density at radius 2 is 1.82 bits per heavy atom. The summed E-state index contributed by atoms with van der Waals surface area (Å²) in [7, 11) is 6.00. The second-order valence-corrected chi connectivity index (χ2v) is 6.02. The van der Waals surface area contributed by atoms with Crippen LogP contribution in [0.2, 0.25) is 0 Å². The number of hydrogen-bond acceptors (Lipinski definition) is 4. The fourth-order valence-electron chi connectivity index (χ4n) is 2.97. The van der Waals surface area contributed by atoms with E-state index in [0.29, 0.717) is 12.1 Å². The maximum atomic E-state index is 5.53. The number of para-hydroxylation sites is 1. The Kier molecular flexibility index (Phi) is 8.46. The summed E-state index contributed by atoms with van der Waals surface area (Å²) in [6.45, 7) is 10.8. The van der Waals surface area contributed by atoms with Gasteiger partial charge < -0.3 is 15.0 Å². The molecule has 1 rings (SSSR count). The number of nitrogens with zero attached hydrogens (tertiary/aromatic N) is 2. The van der Waals surface area contributed by atoms with Gasteiger partial charge in [0.1, 0.15) is 5.75 Å². The van der Waals surface area contributed by atoms with Gasteiger partial charge in [-0.15, -0.1) is 0 Å². The third-order valence-electron chi connectivity index (χ3n) is 4.08. The summed E-state index contributed by atoms with van der Waals surface area (Å²) in [5.74, 6) is 0.973. The van der Waals surface area contributed by atoms with Crippen molar-refractivity contribution in [3.05, 3.63) is 29.8 Å². The average Bonchev–Trinajstić information content (AvgIpc) is 2.51. The fraction of sp³-hybridized carbons (Fsp3) is 0.667. The van der Waals surface area contributed by atoms with Gasteiger partial charge in [-0.3, -0.25) is 4.90 Å². The summed E-state index contributed by atoms with van der Waals surface area (Å²) in [4.78, 5) is 4.75. The van der Waals surface area contributed by atoms with Gasteiger partial charge >= 0.3 is 0 Å². The smallest absolute Gasteiger partial charge is 0.123 e. The van der Waals surface area contributed by atoms with E-state index in [4.69, 9.17) is 4.74 Å². The number of methoxy groups -OCH3 is 1. The first-order valence-electron chi connectivity index (χ1n) is 8.28. The molecule has 0 aliphatic heterocycles. The Hall–Kier alpha value is -1.10. The fourth-order valence-corrected chi connectivity index (χ4v) is 2.97. The number of likely N-dealkylation sites (N-methyl/N-ethyl adjacent to an activating group) is 3. The van der Waals surface area contributed by atoms with E-state index in [-0.39, 0.29) is 0 Å². The first-order valence-corrected chi connectivity index (χ1v) is 8.28. The summed E-state index contributed by atoms with van der Waals surface area (Å²) < 4.78 is 5.53. The van der Waals surface area contributed by atoms with Crippen molar-refractivity contribution in [2.24, 2.45) is 0 Å². The Morgan fingerprint density at radius 1 is 1.14 bits per heavy atom. The zero-order valence-electron chi connectivity index (χ0n) is 15.1. The molecule has 1 aromatic rings. The van der Waals surface area contributed by atoms with Crippen LogP contribution in [-0.4, -0.2) is 63.2 Å². The van der Waals surface area contributed by atoms with E-state index >= 15 is 0 Å². The highest BCUT2D eigenvalue weighted by Gasteiger charge is 2.21. The van der Waals surface area contributed by atoms with Gasteiger partial charge in [0, 0.05) is 30.7 Å². The lowest BCUT2D eigenvalue weighted by atomic mass is 10.0. The molecule has 0 spiro atoms. The Labute approximate surface area is 136 Å². The average molecular weight is 307 g/mol. The molecule has 1 aromatic carbocycles. The molecule has 4 heteroatoms. The topological polar surface area (TPSA) is 27.7 Å². The predicted octanol–water partition coefficient (Wildman–Crippen LogP) is 2.62. The SMILES string of the molecule is CCN[C@@H](CN(C)C)CN(CC)[C@@H](C)c1ccccc1OC. The van der Waals surface area contributed by atoms with Crippen molar-refractivity contribution in [3.63, 3.8) is 0 Å². The molecule has 0 aromatic heterocycles. The normalized spacial score (nSPS) is 14.4. The van der Waals surface area contributed by atoms with Crippen molar-refractivity contribution in [2.75, 3.05) is 47.4 Å². The molecule has 0 aliphatic rings. The molecule has 126 valence electrons. The molecular weight excluding hydrogens is 274 g/mol. The third kappa shape index (κ3) is 5.59. The summed E-state index contributed by atoms with van der Waals surface area (Å²) in [6.07, 6.45) is 0. The number of nitrogens with one attached hydrogen (secondary N) is 1. The molecular formula is C18H33N3O. The monoisotopic (exact) mass is 307 g/mol. The zero-order chi connectivity index (χ0) is 16.5.